The standard InChI is InChI=1S/C15H25NO3/c1-15(2,4-3-13(17)18)5-6-16-14(19)12-8-10-7-11(10)9-12/h10-12H,3-9H2,1-2H3,(H,16,19)(H,17,18). The Morgan fingerprint density at radius 3 is 2.37 bits per heavy atom. The van der Waals surface area contributed by atoms with Gasteiger partial charge in [-0.05, 0) is 49.4 Å². The Kier molecular flexibility index (Phi) is 4.16. The first-order chi connectivity index (χ1) is 8.87. The number of nitrogens with one attached hydrogen (secondary N) is 1. The van der Waals surface area contributed by atoms with E-state index in [9.17, 15) is 9.59 Å². The van der Waals surface area contributed by atoms with Crippen LogP contribution >= 0.6 is 0 Å². The number of rotatable bonds is 7. The summed E-state index contributed by atoms with van der Waals surface area (Å²) in [5, 5.41) is 11.7. The maximum Gasteiger partial charge on any atom is 0.303 e. The van der Waals surface area contributed by atoms with E-state index < -0.39 is 5.97 Å². The van der Waals surface area contributed by atoms with E-state index in [2.05, 4.69) is 19.2 Å². The first-order valence-electron chi connectivity index (χ1n) is 7.37. The van der Waals surface area contributed by atoms with E-state index in [4.69, 9.17) is 5.11 Å². The lowest BCUT2D eigenvalue weighted by Crippen LogP contribution is -2.33. The molecule has 0 aromatic carbocycles. The van der Waals surface area contributed by atoms with E-state index in [0.717, 1.165) is 31.1 Å². The predicted octanol–water partition coefficient (Wildman–Crippen LogP) is 2.43. The van der Waals surface area contributed by atoms with Crippen LogP contribution in [0.15, 0.2) is 0 Å². The molecule has 2 fully saturated rings. The van der Waals surface area contributed by atoms with Crippen molar-refractivity contribution in [2.24, 2.45) is 23.2 Å². The molecule has 0 aliphatic heterocycles. The van der Waals surface area contributed by atoms with E-state index in [1.165, 1.54) is 6.42 Å². The summed E-state index contributed by atoms with van der Waals surface area (Å²) >= 11 is 0. The van der Waals surface area contributed by atoms with Gasteiger partial charge in [-0.1, -0.05) is 13.8 Å². The maximum atomic E-state index is 12.0. The molecule has 0 heterocycles. The van der Waals surface area contributed by atoms with Crippen molar-refractivity contribution in [3.05, 3.63) is 0 Å². The van der Waals surface area contributed by atoms with Crippen LogP contribution in [0.5, 0.6) is 0 Å². The first kappa shape index (κ1) is 14.4. The molecule has 0 aromatic heterocycles. The monoisotopic (exact) mass is 267 g/mol. The predicted molar refractivity (Wildman–Crippen MR) is 72.6 cm³/mol. The van der Waals surface area contributed by atoms with Gasteiger partial charge in [0.1, 0.15) is 0 Å². The molecule has 2 rings (SSSR count). The van der Waals surface area contributed by atoms with Crippen molar-refractivity contribution >= 4 is 11.9 Å². The number of aliphatic carboxylic acids is 1. The van der Waals surface area contributed by atoms with Crippen LogP contribution in [0.4, 0.5) is 0 Å². The molecule has 2 aliphatic rings. The van der Waals surface area contributed by atoms with Crippen LogP contribution in [0.1, 0.15) is 52.4 Å². The zero-order chi connectivity index (χ0) is 14.0. The van der Waals surface area contributed by atoms with Gasteiger partial charge >= 0.3 is 5.97 Å². The largest absolute Gasteiger partial charge is 0.481 e. The molecule has 1 amide bonds. The fourth-order valence-electron chi connectivity index (χ4n) is 3.17. The van der Waals surface area contributed by atoms with Gasteiger partial charge in [0.05, 0.1) is 0 Å². The highest BCUT2D eigenvalue weighted by atomic mass is 16.4. The van der Waals surface area contributed by atoms with Gasteiger partial charge in [0.25, 0.3) is 0 Å². The number of hydrogen-bond acceptors (Lipinski definition) is 2. The second kappa shape index (κ2) is 5.51. The summed E-state index contributed by atoms with van der Waals surface area (Å²) < 4.78 is 0. The lowest BCUT2D eigenvalue weighted by atomic mass is 9.84. The number of carbonyl (C=O) groups excluding carboxylic acids is 1. The third-order valence-electron chi connectivity index (χ3n) is 4.73. The molecule has 19 heavy (non-hydrogen) atoms. The topological polar surface area (TPSA) is 66.4 Å². The van der Waals surface area contributed by atoms with Crippen LogP contribution in [0.3, 0.4) is 0 Å². The van der Waals surface area contributed by atoms with Crippen molar-refractivity contribution in [1.82, 2.24) is 5.32 Å². The van der Waals surface area contributed by atoms with Gasteiger partial charge < -0.3 is 10.4 Å². The summed E-state index contributed by atoms with van der Waals surface area (Å²) in [5.74, 6) is 1.37. The molecular weight excluding hydrogens is 242 g/mol. The Hall–Kier alpha value is -1.06. The second-order valence-corrected chi connectivity index (χ2v) is 7.02. The van der Waals surface area contributed by atoms with Crippen LogP contribution in [-0.2, 0) is 9.59 Å². The molecule has 0 saturated heterocycles. The molecule has 0 aromatic rings. The van der Waals surface area contributed by atoms with Crippen molar-refractivity contribution < 1.29 is 14.7 Å². The number of hydrogen-bond donors (Lipinski definition) is 2. The van der Waals surface area contributed by atoms with Gasteiger partial charge in [-0.2, -0.15) is 0 Å². The molecule has 4 nitrogen and oxygen atoms in total. The Labute approximate surface area is 115 Å². The zero-order valence-electron chi connectivity index (χ0n) is 11.9. The van der Waals surface area contributed by atoms with E-state index in [1.54, 1.807) is 0 Å². The zero-order valence-corrected chi connectivity index (χ0v) is 11.9. The van der Waals surface area contributed by atoms with Crippen LogP contribution < -0.4 is 5.32 Å². The lowest BCUT2D eigenvalue weighted by Gasteiger charge is -2.24. The summed E-state index contributed by atoms with van der Waals surface area (Å²) in [4.78, 5) is 22.5. The Morgan fingerprint density at radius 2 is 1.79 bits per heavy atom. The number of carboxylic acids is 1. The Bertz CT molecular complexity index is 354. The molecule has 2 aliphatic carbocycles. The quantitative estimate of drug-likeness (QED) is 0.744. The van der Waals surface area contributed by atoms with Gasteiger partial charge in [0.15, 0.2) is 0 Å². The minimum atomic E-state index is -0.748. The van der Waals surface area contributed by atoms with Crippen LogP contribution in [0.25, 0.3) is 0 Å². The smallest absolute Gasteiger partial charge is 0.303 e. The van der Waals surface area contributed by atoms with Crippen molar-refractivity contribution in [3.8, 4) is 0 Å². The second-order valence-electron chi connectivity index (χ2n) is 7.02. The fourth-order valence-corrected chi connectivity index (χ4v) is 3.17. The number of carbonyl (C=O) groups is 2. The molecular formula is C15H25NO3. The number of fused-ring (bicyclic) bond motifs is 1. The lowest BCUT2D eigenvalue weighted by molar-refractivity contribution is -0.137. The summed E-state index contributed by atoms with van der Waals surface area (Å²) in [6, 6.07) is 0. The normalized spacial score (nSPS) is 28.8. The Balaban J connectivity index is 1.62. The van der Waals surface area contributed by atoms with Gasteiger partial charge in [0.2, 0.25) is 5.91 Å². The maximum absolute atomic E-state index is 12.0. The minimum absolute atomic E-state index is 0.0243. The minimum Gasteiger partial charge on any atom is -0.481 e. The first-order valence-corrected chi connectivity index (χ1v) is 7.37. The highest BCUT2D eigenvalue weighted by Gasteiger charge is 2.47. The summed E-state index contributed by atoms with van der Waals surface area (Å²) in [7, 11) is 0. The summed E-state index contributed by atoms with van der Waals surface area (Å²) in [5.41, 5.74) is -0.0243. The van der Waals surface area contributed by atoms with Gasteiger partial charge in [0, 0.05) is 18.9 Å². The van der Waals surface area contributed by atoms with Crippen LogP contribution in [-0.4, -0.2) is 23.5 Å². The molecule has 108 valence electrons. The summed E-state index contributed by atoms with van der Waals surface area (Å²) in [6.07, 6.45) is 5.20. The molecule has 2 N–H and O–H groups in total. The van der Waals surface area contributed by atoms with Gasteiger partial charge in [-0.15, -0.1) is 0 Å². The van der Waals surface area contributed by atoms with E-state index in [-0.39, 0.29) is 23.7 Å². The van der Waals surface area contributed by atoms with E-state index in [1.807, 2.05) is 0 Å². The molecule has 4 heteroatoms. The highest BCUT2D eigenvalue weighted by molar-refractivity contribution is 5.79. The SMILES string of the molecule is CC(C)(CCNC(=O)C1CC2CC2C1)CCC(=O)O. The van der Waals surface area contributed by atoms with Gasteiger partial charge in [-0.25, -0.2) is 0 Å². The third-order valence-corrected chi connectivity index (χ3v) is 4.73. The third kappa shape index (κ3) is 4.22. The average molecular weight is 267 g/mol. The number of carboxylic acid groups (broad SMARTS) is 1. The fraction of sp³-hybridized carbons (Fsp3) is 0.867. The summed E-state index contributed by atoms with van der Waals surface area (Å²) in [6.45, 7) is 4.79. The van der Waals surface area contributed by atoms with Crippen molar-refractivity contribution in [1.29, 1.82) is 0 Å². The van der Waals surface area contributed by atoms with E-state index in [0.29, 0.717) is 13.0 Å². The Morgan fingerprint density at radius 1 is 1.16 bits per heavy atom. The molecule has 2 unspecified atom stereocenters. The molecule has 2 atom stereocenters. The molecule has 2 saturated carbocycles. The number of amides is 1. The van der Waals surface area contributed by atoms with Crippen LogP contribution in [0.2, 0.25) is 0 Å². The van der Waals surface area contributed by atoms with Gasteiger partial charge in [-0.3, -0.25) is 9.59 Å². The molecule has 0 bridgehead atoms. The van der Waals surface area contributed by atoms with Crippen LogP contribution in [0, 0.1) is 23.2 Å². The van der Waals surface area contributed by atoms with Crippen molar-refractivity contribution in [2.75, 3.05) is 6.54 Å². The van der Waals surface area contributed by atoms with Crippen molar-refractivity contribution in [2.45, 2.75) is 52.4 Å². The van der Waals surface area contributed by atoms with E-state index >= 15 is 0 Å². The average Bonchev–Trinajstić information content (AvgIpc) is 2.93. The highest BCUT2D eigenvalue weighted by Crippen LogP contribution is 2.54. The molecule has 0 radical (unpaired) electrons. The van der Waals surface area contributed by atoms with Crippen molar-refractivity contribution in [3.63, 3.8) is 0 Å². The molecule has 0 spiro atoms.